The molecule has 108 valence electrons. The summed E-state index contributed by atoms with van der Waals surface area (Å²) in [6, 6.07) is 15.7. The summed E-state index contributed by atoms with van der Waals surface area (Å²) < 4.78 is 5.85. The predicted octanol–water partition coefficient (Wildman–Crippen LogP) is 3.58. The van der Waals surface area contributed by atoms with Crippen LogP contribution < -0.4 is 4.74 Å². The molecule has 3 rings (SSSR count). The van der Waals surface area contributed by atoms with Crippen molar-refractivity contribution in [2.75, 3.05) is 12.4 Å². The van der Waals surface area contributed by atoms with Gasteiger partial charge in [-0.05, 0) is 29.3 Å². The van der Waals surface area contributed by atoms with Crippen molar-refractivity contribution in [2.45, 2.75) is 17.2 Å². The maximum absolute atomic E-state index is 10.6. The fourth-order valence-corrected chi connectivity index (χ4v) is 3.67. The lowest BCUT2D eigenvalue weighted by atomic mass is 10.0. The van der Waals surface area contributed by atoms with Crippen LogP contribution in [-0.4, -0.2) is 23.4 Å². The van der Waals surface area contributed by atoms with Crippen molar-refractivity contribution in [1.29, 1.82) is 0 Å². The molecule has 0 saturated heterocycles. The van der Waals surface area contributed by atoms with Crippen LogP contribution in [0.1, 0.15) is 17.0 Å². The van der Waals surface area contributed by atoms with E-state index in [1.807, 2.05) is 23.9 Å². The molecule has 0 radical (unpaired) electrons. The SMILES string of the molecule is O=C(O)Cc1ccc(OCC2CSc3ccccc32)cc1. The Morgan fingerprint density at radius 3 is 2.71 bits per heavy atom. The first-order valence-electron chi connectivity index (χ1n) is 6.87. The van der Waals surface area contributed by atoms with Crippen LogP contribution in [0.3, 0.4) is 0 Å². The molecule has 1 heterocycles. The maximum atomic E-state index is 10.6. The summed E-state index contributed by atoms with van der Waals surface area (Å²) >= 11 is 1.88. The number of hydrogen-bond donors (Lipinski definition) is 1. The van der Waals surface area contributed by atoms with E-state index in [0.29, 0.717) is 12.5 Å². The average molecular weight is 300 g/mol. The Morgan fingerprint density at radius 2 is 1.95 bits per heavy atom. The van der Waals surface area contributed by atoms with Gasteiger partial charge in [0.05, 0.1) is 13.0 Å². The second-order valence-electron chi connectivity index (χ2n) is 5.07. The van der Waals surface area contributed by atoms with Crippen LogP contribution in [0.25, 0.3) is 0 Å². The van der Waals surface area contributed by atoms with Crippen molar-refractivity contribution in [3.05, 3.63) is 59.7 Å². The molecule has 1 unspecified atom stereocenters. The van der Waals surface area contributed by atoms with Gasteiger partial charge in [-0.15, -0.1) is 11.8 Å². The molecule has 0 aliphatic carbocycles. The molecule has 1 atom stereocenters. The number of fused-ring (bicyclic) bond motifs is 1. The second-order valence-corrected chi connectivity index (χ2v) is 6.13. The average Bonchev–Trinajstić information content (AvgIpc) is 2.89. The molecule has 21 heavy (non-hydrogen) atoms. The van der Waals surface area contributed by atoms with E-state index in [1.54, 1.807) is 12.1 Å². The highest BCUT2D eigenvalue weighted by atomic mass is 32.2. The van der Waals surface area contributed by atoms with Gasteiger partial charge >= 0.3 is 5.97 Å². The fraction of sp³-hybridized carbons (Fsp3) is 0.235. The number of carbonyl (C=O) groups is 1. The van der Waals surface area contributed by atoms with Crippen LogP contribution in [0.15, 0.2) is 53.4 Å². The Kier molecular flexibility index (Phi) is 4.15. The van der Waals surface area contributed by atoms with Crippen LogP contribution in [-0.2, 0) is 11.2 Å². The zero-order valence-corrected chi connectivity index (χ0v) is 12.3. The Balaban J connectivity index is 1.60. The Labute approximate surface area is 127 Å². The van der Waals surface area contributed by atoms with Gasteiger partial charge in [0, 0.05) is 16.6 Å². The molecule has 3 nitrogen and oxygen atoms in total. The number of ether oxygens (including phenoxy) is 1. The number of thioether (sulfide) groups is 1. The van der Waals surface area contributed by atoms with E-state index in [4.69, 9.17) is 9.84 Å². The summed E-state index contributed by atoms with van der Waals surface area (Å²) in [5.74, 6) is 1.45. The van der Waals surface area contributed by atoms with Crippen molar-refractivity contribution in [2.24, 2.45) is 0 Å². The summed E-state index contributed by atoms with van der Waals surface area (Å²) in [6.07, 6.45) is 0.0485. The number of carboxylic acid groups (broad SMARTS) is 1. The number of hydrogen-bond acceptors (Lipinski definition) is 3. The van der Waals surface area contributed by atoms with Crippen molar-refractivity contribution < 1.29 is 14.6 Å². The van der Waals surface area contributed by atoms with Gasteiger partial charge in [-0.3, -0.25) is 4.79 Å². The van der Waals surface area contributed by atoms with Crippen LogP contribution in [0.2, 0.25) is 0 Å². The first-order chi connectivity index (χ1) is 10.2. The number of benzene rings is 2. The Bertz CT molecular complexity index is 637. The number of aliphatic carboxylic acids is 1. The molecule has 1 aliphatic rings. The largest absolute Gasteiger partial charge is 0.493 e. The van der Waals surface area contributed by atoms with E-state index < -0.39 is 5.97 Å². The topological polar surface area (TPSA) is 46.5 Å². The Morgan fingerprint density at radius 1 is 1.19 bits per heavy atom. The number of rotatable bonds is 5. The molecule has 2 aromatic carbocycles. The minimum absolute atomic E-state index is 0.0485. The molecular formula is C17H16O3S. The van der Waals surface area contributed by atoms with Crippen molar-refractivity contribution >= 4 is 17.7 Å². The highest BCUT2D eigenvalue weighted by Gasteiger charge is 2.23. The predicted molar refractivity (Wildman–Crippen MR) is 83.2 cm³/mol. The van der Waals surface area contributed by atoms with Gasteiger partial charge in [0.15, 0.2) is 0 Å². The van der Waals surface area contributed by atoms with Gasteiger partial charge in [0.2, 0.25) is 0 Å². The Hall–Kier alpha value is -1.94. The van der Waals surface area contributed by atoms with Gasteiger partial charge in [0.1, 0.15) is 5.75 Å². The van der Waals surface area contributed by atoms with Gasteiger partial charge in [-0.25, -0.2) is 0 Å². The summed E-state index contributed by atoms with van der Waals surface area (Å²) in [6.45, 7) is 0.655. The van der Waals surface area contributed by atoms with Crippen molar-refractivity contribution in [3.63, 3.8) is 0 Å². The van der Waals surface area contributed by atoms with Crippen molar-refractivity contribution in [1.82, 2.24) is 0 Å². The fourth-order valence-electron chi connectivity index (χ4n) is 2.44. The third kappa shape index (κ3) is 3.39. The van der Waals surface area contributed by atoms with Gasteiger partial charge < -0.3 is 9.84 Å². The third-order valence-electron chi connectivity index (χ3n) is 3.53. The molecule has 0 saturated carbocycles. The zero-order chi connectivity index (χ0) is 14.7. The van der Waals surface area contributed by atoms with Crippen LogP contribution in [0.4, 0.5) is 0 Å². The highest BCUT2D eigenvalue weighted by Crippen LogP contribution is 2.39. The van der Waals surface area contributed by atoms with E-state index in [-0.39, 0.29) is 6.42 Å². The monoisotopic (exact) mass is 300 g/mol. The van der Waals surface area contributed by atoms with E-state index >= 15 is 0 Å². The number of carboxylic acids is 1. The van der Waals surface area contributed by atoms with E-state index in [0.717, 1.165) is 17.1 Å². The summed E-state index contributed by atoms with van der Waals surface area (Å²) in [7, 11) is 0. The highest BCUT2D eigenvalue weighted by molar-refractivity contribution is 7.99. The maximum Gasteiger partial charge on any atom is 0.307 e. The molecule has 1 aliphatic heterocycles. The van der Waals surface area contributed by atoms with Gasteiger partial charge in [-0.2, -0.15) is 0 Å². The van der Waals surface area contributed by atoms with Crippen LogP contribution >= 0.6 is 11.8 Å². The summed E-state index contributed by atoms with van der Waals surface area (Å²) in [5.41, 5.74) is 2.15. The van der Waals surface area contributed by atoms with Crippen LogP contribution in [0.5, 0.6) is 5.75 Å². The van der Waals surface area contributed by atoms with E-state index in [1.165, 1.54) is 10.5 Å². The molecule has 1 N–H and O–H groups in total. The van der Waals surface area contributed by atoms with Gasteiger partial charge in [0.25, 0.3) is 0 Å². The molecule has 0 spiro atoms. The quantitative estimate of drug-likeness (QED) is 0.917. The zero-order valence-electron chi connectivity index (χ0n) is 11.5. The summed E-state index contributed by atoms with van der Waals surface area (Å²) in [4.78, 5) is 12.0. The molecule has 0 bridgehead atoms. The molecule has 2 aromatic rings. The van der Waals surface area contributed by atoms with E-state index in [9.17, 15) is 4.79 Å². The lowest BCUT2D eigenvalue weighted by Gasteiger charge is -2.12. The van der Waals surface area contributed by atoms with Gasteiger partial charge in [-0.1, -0.05) is 30.3 Å². The first kappa shape index (κ1) is 14.0. The molecule has 4 heteroatoms. The molecule has 0 fully saturated rings. The summed E-state index contributed by atoms with van der Waals surface area (Å²) in [5, 5.41) is 8.74. The minimum atomic E-state index is -0.816. The molecule has 0 aromatic heterocycles. The second kappa shape index (κ2) is 6.22. The van der Waals surface area contributed by atoms with E-state index in [2.05, 4.69) is 24.3 Å². The third-order valence-corrected chi connectivity index (χ3v) is 4.78. The smallest absolute Gasteiger partial charge is 0.307 e. The first-order valence-corrected chi connectivity index (χ1v) is 7.86. The molecule has 0 amide bonds. The lowest BCUT2D eigenvalue weighted by molar-refractivity contribution is -0.136. The molecular weight excluding hydrogens is 284 g/mol. The standard InChI is InChI=1S/C17H16O3S/c18-17(19)9-12-5-7-14(8-6-12)20-10-13-11-21-16-4-2-1-3-15(13)16/h1-8,13H,9-11H2,(H,18,19). The minimum Gasteiger partial charge on any atom is -0.493 e. The lowest BCUT2D eigenvalue weighted by Crippen LogP contribution is -2.09. The normalized spacial score (nSPS) is 16.5. The van der Waals surface area contributed by atoms with Crippen LogP contribution in [0, 0.1) is 0 Å². The van der Waals surface area contributed by atoms with Crippen molar-refractivity contribution in [3.8, 4) is 5.75 Å².